The molecule has 0 spiro atoms. The van der Waals surface area contributed by atoms with Crippen molar-refractivity contribution < 1.29 is 18.0 Å². The van der Waals surface area contributed by atoms with Crippen molar-refractivity contribution in [1.29, 1.82) is 5.26 Å². The number of hydrogen-bond acceptors (Lipinski definition) is 7. The second-order valence-electron chi connectivity index (χ2n) is 9.83. The van der Waals surface area contributed by atoms with Gasteiger partial charge in [0.25, 0.3) is 5.56 Å². The van der Waals surface area contributed by atoms with E-state index in [9.17, 15) is 22.8 Å². The molecule has 1 aliphatic carbocycles. The fourth-order valence-electron chi connectivity index (χ4n) is 5.28. The van der Waals surface area contributed by atoms with Gasteiger partial charge in [-0.25, -0.2) is 5.10 Å². The predicted molar refractivity (Wildman–Crippen MR) is 128 cm³/mol. The van der Waals surface area contributed by atoms with Crippen LogP contribution in [0.25, 0.3) is 0 Å². The molecule has 0 bridgehead atoms. The van der Waals surface area contributed by atoms with Crippen LogP contribution in [0.3, 0.4) is 0 Å². The van der Waals surface area contributed by atoms with Crippen LogP contribution in [0, 0.1) is 11.3 Å². The minimum absolute atomic E-state index is 0.00896. The van der Waals surface area contributed by atoms with Crippen LogP contribution in [0.2, 0.25) is 0 Å². The Morgan fingerprint density at radius 3 is 2.78 bits per heavy atom. The Balaban J connectivity index is 1.32. The van der Waals surface area contributed by atoms with E-state index in [1.807, 2.05) is 27.9 Å². The maximum absolute atomic E-state index is 13.4. The summed E-state index contributed by atoms with van der Waals surface area (Å²) < 4.78 is 40.2. The molecule has 2 N–H and O–H groups in total. The number of hydrogen-bond donors (Lipinski definition) is 2. The number of nitrogens with one attached hydrogen (secondary N) is 2. The van der Waals surface area contributed by atoms with Crippen LogP contribution in [-0.2, 0) is 23.8 Å². The number of alkyl halides is 3. The third-order valence-corrected chi connectivity index (χ3v) is 7.10. The van der Waals surface area contributed by atoms with E-state index in [4.69, 9.17) is 5.26 Å². The highest BCUT2D eigenvalue weighted by Gasteiger charge is 2.42. The zero-order chi connectivity index (χ0) is 26.7. The van der Waals surface area contributed by atoms with E-state index in [0.29, 0.717) is 31.6 Å². The van der Waals surface area contributed by atoms with Crippen molar-refractivity contribution in [2.75, 3.05) is 26.7 Å². The Hall–Kier alpha value is -3.30. The molecule has 0 aromatic carbocycles. The molecule has 3 heterocycles. The van der Waals surface area contributed by atoms with E-state index in [1.165, 1.54) is 0 Å². The molecule has 3 atom stereocenters. The number of carbonyl (C=O) groups is 1. The SMILES string of the molecule is CC1CN(C(=O)CCN(C)C2CCc3c2n[nH]c(=O)c3C(F)(F)F)CC(CCc2ccc(C#N)cn2)N1. The van der Waals surface area contributed by atoms with Gasteiger partial charge in [0.1, 0.15) is 11.6 Å². The number of nitrogens with zero attached hydrogens (tertiary/aromatic N) is 5. The van der Waals surface area contributed by atoms with Crippen LogP contribution in [-0.4, -0.2) is 69.7 Å². The highest BCUT2D eigenvalue weighted by Crippen LogP contribution is 2.39. The average molecular weight is 518 g/mol. The molecule has 4 rings (SSSR count). The van der Waals surface area contributed by atoms with E-state index in [0.717, 1.165) is 18.5 Å². The van der Waals surface area contributed by atoms with Crippen molar-refractivity contribution in [1.82, 2.24) is 30.3 Å². The average Bonchev–Trinajstić information content (AvgIpc) is 3.28. The van der Waals surface area contributed by atoms with E-state index in [1.54, 1.807) is 19.3 Å². The Bertz CT molecular complexity index is 1220. The second-order valence-corrected chi connectivity index (χ2v) is 9.83. The van der Waals surface area contributed by atoms with E-state index >= 15 is 0 Å². The van der Waals surface area contributed by atoms with Crippen LogP contribution in [0.4, 0.5) is 13.2 Å². The van der Waals surface area contributed by atoms with Gasteiger partial charge in [-0.05, 0) is 57.4 Å². The third kappa shape index (κ3) is 6.17. The molecule has 0 radical (unpaired) electrons. The molecular weight excluding hydrogens is 487 g/mol. The van der Waals surface area contributed by atoms with E-state index in [-0.39, 0.29) is 42.1 Å². The van der Waals surface area contributed by atoms with E-state index < -0.39 is 23.3 Å². The van der Waals surface area contributed by atoms with Crippen LogP contribution >= 0.6 is 0 Å². The summed E-state index contributed by atoms with van der Waals surface area (Å²) in [5.74, 6) is -0.00896. The molecule has 198 valence electrons. The standard InChI is InChI=1S/C25H30F3N7O2/c1-15-13-35(14-18(31-15)6-5-17-4-3-16(11-29)12-30-17)21(36)9-10-34(2)20-8-7-19-22(25(26,27)28)24(37)33-32-23(19)20/h3-4,12,15,18,20,31H,5-10,13-14H2,1-2H3,(H,33,37). The number of fused-ring (bicyclic) bond motifs is 1. The van der Waals surface area contributed by atoms with Gasteiger partial charge in [-0.3, -0.25) is 19.5 Å². The first-order valence-corrected chi connectivity index (χ1v) is 12.3. The lowest BCUT2D eigenvalue weighted by molar-refractivity contribution is -0.139. The lowest BCUT2D eigenvalue weighted by atomic mass is 10.0. The quantitative estimate of drug-likeness (QED) is 0.578. The molecule has 9 nitrogen and oxygen atoms in total. The molecule has 3 unspecified atom stereocenters. The summed E-state index contributed by atoms with van der Waals surface area (Å²) >= 11 is 0. The summed E-state index contributed by atoms with van der Waals surface area (Å²) in [6.45, 7) is 3.53. The van der Waals surface area contributed by atoms with Gasteiger partial charge < -0.3 is 10.2 Å². The number of rotatable bonds is 7. The van der Waals surface area contributed by atoms with Crippen molar-refractivity contribution in [3.8, 4) is 6.07 Å². The Labute approximate surface area is 212 Å². The number of H-pyrrole nitrogens is 1. The van der Waals surface area contributed by atoms with Gasteiger partial charge >= 0.3 is 6.18 Å². The molecule has 0 saturated carbocycles. The summed E-state index contributed by atoms with van der Waals surface area (Å²) in [7, 11) is 1.76. The number of aromatic nitrogens is 3. The van der Waals surface area contributed by atoms with Gasteiger partial charge in [-0.15, -0.1) is 0 Å². The molecule has 37 heavy (non-hydrogen) atoms. The van der Waals surface area contributed by atoms with Crippen molar-refractivity contribution in [3.63, 3.8) is 0 Å². The maximum atomic E-state index is 13.4. The third-order valence-electron chi connectivity index (χ3n) is 7.10. The first kappa shape index (κ1) is 26.8. The predicted octanol–water partition coefficient (Wildman–Crippen LogP) is 2.19. The molecule has 12 heteroatoms. The largest absolute Gasteiger partial charge is 0.422 e. The van der Waals surface area contributed by atoms with Crippen molar-refractivity contribution in [2.45, 2.75) is 63.3 Å². The van der Waals surface area contributed by atoms with Crippen LogP contribution < -0.4 is 10.9 Å². The summed E-state index contributed by atoms with van der Waals surface area (Å²) in [4.78, 5) is 32.8. The molecule has 1 fully saturated rings. The first-order chi connectivity index (χ1) is 17.6. The number of pyridine rings is 1. The summed E-state index contributed by atoms with van der Waals surface area (Å²) in [5, 5.41) is 18.3. The molecule has 2 aliphatic rings. The fraction of sp³-hybridized carbons (Fsp3) is 0.560. The molecular formula is C25H30F3N7O2. The molecule has 1 aliphatic heterocycles. The van der Waals surface area contributed by atoms with Gasteiger partial charge in [-0.1, -0.05) is 0 Å². The highest BCUT2D eigenvalue weighted by atomic mass is 19.4. The Morgan fingerprint density at radius 2 is 2.11 bits per heavy atom. The maximum Gasteiger partial charge on any atom is 0.422 e. The smallest absolute Gasteiger partial charge is 0.340 e. The summed E-state index contributed by atoms with van der Waals surface area (Å²) in [6, 6.07) is 5.47. The normalized spacial score (nSPS) is 21.6. The number of carbonyl (C=O) groups excluding carboxylic acids is 1. The fourth-order valence-corrected chi connectivity index (χ4v) is 5.28. The number of aryl methyl sites for hydroxylation is 1. The van der Waals surface area contributed by atoms with Gasteiger partial charge in [0, 0.05) is 50.0 Å². The number of halogens is 3. The number of amides is 1. The summed E-state index contributed by atoms with van der Waals surface area (Å²) in [5.41, 5.74) is -0.799. The van der Waals surface area contributed by atoms with Gasteiger partial charge in [-0.2, -0.15) is 23.5 Å². The van der Waals surface area contributed by atoms with Gasteiger partial charge in [0.05, 0.1) is 17.3 Å². The number of piperazine rings is 1. The monoisotopic (exact) mass is 517 g/mol. The zero-order valence-electron chi connectivity index (χ0n) is 20.8. The lowest BCUT2D eigenvalue weighted by Gasteiger charge is -2.38. The first-order valence-electron chi connectivity index (χ1n) is 12.3. The molecule has 1 amide bonds. The molecule has 2 aromatic rings. The Kier molecular flexibility index (Phi) is 7.94. The van der Waals surface area contributed by atoms with E-state index in [2.05, 4.69) is 21.5 Å². The highest BCUT2D eigenvalue weighted by molar-refractivity contribution is 5.76. The number of aromatic amines is 1. The lowest BCUT2D eigenvalue weighted by Crippen LogP contribution is -2.57. The Morgan fingerprint density at radius 1 is 1.32 bits per heavy atom. The van der Waals surface area contributed by atoms with Crippen molar-refractivity contribution >= 4 is 5.91 Å². The zero-order valence-corrected chi connectivity index (χ0v) is 20.8. The topological polar surface area (TPSA) is 118 Å². The minimum Gasteiger partial charge on any atom is -0.340 e. The summed E-state index contributed by atoms with van der Waals surface area (Å²) in [6.07, 6.45) is -0.921. The molecule has 2 aromatic heterocycles. The van der Waals surface area contributed by atoms with Gasteiger partial charge in [0.15, 0.2) is 0 Å². The minimum atomic E-state index is -4.74. The second kappa shape index (κ2) is 11.0. The van der Waals surface area contributed by atoms with Crippen LogP contribution in [0.1, 0.15) is 60.3 Å². The van der Waals surface area contributed by atoms with Gasteiger partial charge in [0.2, 0.25) is 5.91 Å². The van der Waals surface area contributed by atoms with Crippen molar-refractivity contribution in [3.05, 3.63) is 56.8 Å². The van der Waals surface area contributed by atoms with Crippen molar-refractivity contribution in [2.24, 2.45) is 0 Å². The van der Waals surface area contributed by atoms with Crippen LogP contribution in [0.15, 0.2) is 23.1 Å². The molecule has 1 saturated heterocycles. The van der Waals surface area contributed by atoms with Crippen LogP contribution in [0.5, 0.6) is 0 Å². The number of nitriles is 1.